The Morgan fingerprint density at radius 2 is 1.71 bits per heavy atom. The predicted molar refractivity (Wildman–Crippen MR) is 50.0 cm³/mol. The Morgan fingerprint density at radius 3 is 2.29 bits per heavy atom. The second kappa shape index (κ2) is 3.49. The Balaban J connectivity index is 2.40. The molecule has 0 radical (unpaired) electrons. The van der Waals surface area contributed by atoms with Crippen LogP contribution in [-0.4, -0.2) is 15.0 Å². The molecular formula is C10H8FN3. The Kier molecular flexibility index (Phi) is 2.18. The van der Waals surface area contributed by atoms with E-state index in [1.165, 1.54) is 0 Å². The molecular weight excluding hydrogens is 181 g/mol. The highest BCUT2D eigenvalue weighted by Gasteiger charge is 2.00. The maximum atomic E-state index is 12.5. The van der Waals surface area contributed by atoms with Crippen molar-refractivity contribution in [3.63, 3.8) is 0 Å². The monoisotopic (exact) mass is 189 g/mol. The van der Waals surface area contributed by atoms with Crippen molar-refractivity contribution in [2.75, 3.05) is 0 Å². The van der Waals surface area contributed by atoms with E-state index >= 15 is 0 Å². The first-order chi connectivity index (χ1) is 6.75. The number of hydrogen-bond acceptors (Lipinski definition) is 3. The minimum Gasteiger partial charge on any atom is -0.261 e. The van der Waals surface area contributed by atoms with Crippen LogP contribution in [-0.2, 0) is 0 Å². The van der Waals surface area contributed by atoms with Crippen LogP contribution in [0, 0.1) is 12.7 Å². The lowest BCUT2D eigenvalue weighted by Crippen LogP contribution is -1.90. The van der Waals surface area contributed by atoms with Crippen LogP contribution in [0.2, 0.25) is 0 Å². The first-order valence-electron chi connectivity index (χ1n) is 4.16. The smallest absolute Gasteiger partial charge is 0.160 e. The second-order valence-electron chi connectivity index (χ2n) is 2.91. The molecule has 0 N–H and O–H groups in total. The van der Waals surface area contributed by atoms with Gasteiger partial charge in [-0.05, 0) is 19.1 Å². The lowest BCUT2D eigenvalue weighted by Gasteiger charge is -1.98. The Labute approximate surface area is 80.7 Å². The zero-order valence-electron chi connectivity index (χ0n) is 7.61. The summed E-state index contributed by atoms with van der Waals surface area (Å²) in [5.74, 6) is 0.0488. The number of pyridine rings is 1. The molecule has 2 aromatic rings. The van der Waals surface area contributed by atoms with Gasteiger partial charge in [0.05, 0.1) is 12.4 Å². The number of aryl methyl sites for hydroxylation is 1. The maximum absolute atomic E-state index is 12.5. The predicted octanol–water partition coefficient (Wildman–Crippen LogP) is 1.99. The van der Waals surface area contributed by atoms with Crippen molar-refractivity contribution in [3.05, 3.63) is 42.2 Å². The molecule has 2 aromatic heterocycles. The van der Waals surface area contributed by atoms with E-state index in [4.69, 9.17) is 0 Å². The quantitative estimate of drug-likeness (QED) is 0.688. The molecule has 0 unspecified atom stereocenters. The van der Waals surface area contributed by atoms with Crippen molar-refractivity contribution >= 4 is 0 Å². The zero-order valence-corrected chi connectivity index (χ0v) is 7.61. The highest BCUT2D eigenvalue weighted by atomic mass is 19.1. The summed E-state index contributed by atoms with van der Waals surface area (Å²) in [5, 5.41) is 0. The molecule has 0 spiro atoms. The molecule has 70 valence electrons. The van der Waals surface area contributed by atoms with Gasteiger partial charge >= 0.3 is 0 Å². The highest BCUT2D eigenvalue weighted by molar-refractivity contribution is 5.52. The molecule has 0 aromatic carbocycles. The number of aromatic nitrogens is 3. The molecule has 14 heavy (non-hydrogen) atoms. The normalized spacial score (nSPS) is 10.1. The van der Waals surface area contributed by atoms with E-state index in [-0.39, 0.29) is 0 Å². The van der Waals surface area contributed by atoms with E-state index in [0.717, 1.165) is 23.7 Å². The number of nitrogens with zero attached hydrogens (tertiary/aromatic N) is 3. The second-order valence-corrected chi connectivity index (χ2v) is 2.91. The SMILES string of the molecule is Cc1ccc(-c2ncc(F)cn2)cn1. The standard InChI is InChI=1S/C10H8FN3/c1-7-2-3-8(4-12-7)10-13-5-9(11)6-14-10/h2-6H,1H3. The first kappa shape index (κ1) is 8.74. The van der Waals surface area contributed by atoms with Crippen molar-refractivity contribution in [2.45, 2.75) is 6.92 Å². The molecule has 0 bridgehead atoms. The van der Waals surface area contributed by atoms with E-state index in [9.17, 15) is 4.39 Å². The largest absolute Gasteiger partial charge is 0.261 e. The minimum absolute atomic E-state index is 0.436. The van der Waals surface area contributed by atoms with Crippen LogP contribution in [0.15, 0.2) is 30.7 Å². The third-order valence-corrected chi connectivity index (χ3v) is 1.79. The molecule has 0 fully saturated rings. The topological polar surface area (TPSA) is 38.7 Å². The molecule has 2 rings (SSSR count). The summed E-state index contributed by atoms with van der Waals surface area (Å²) in [6, 6.07) is 3.72. The van der Waals surface area contributed by atoms with Crippen LogP contribution in [0.1, 0.15) is 5.69 Å². The lowest BCUT2D eigenvalue weighted by molar-refractivity contribution is 0.614. The molecule has 0 saturated carbocycles. The molecule has 0 atom stereocenters. The summed E-state index contributed by atoms with van der Waals surface area (Å²) < 4.78 is 12.5. The van der Waals surface area contributed by atoms with Crippen molar-refractivity contribution in [1.29, 1.82) is 0 Å². The van der Waals surface area contributed by atoms with Gasteiger partial charge in [0.1, 0.15) is 0 Å². The van der Waals surface area contributed by atoms with Crippen molar-refractivity contribution < 1.29 is 4.39 Å². The molecule has 2 heterocycles. The molecule has 4 heteroatoms. The van der Waals surface area contributed by atoms with Crippen LogP contribution in [0.3, 0.4) is 0 Å². The average Bonchev–Trinajstić information content (AvgIpc) is 2.21. The summed E-state index contributed by atoms with van der Waals surface area (Å²) >= 11 is 0. The molecule has 0 aliphatic carbocycles. The highest BCUT2D eigenvalue weighted by Crippen LogP contribution is 2.12. The van der Waals surface area contributed by atoms with Crippen molar-refractivity contribution in [2.24, 2.45) is 0 Å². The van der Waals surface area contributed by atoms with Gasteiger partial charge in [-0.15, -0.1) is 0 Å². The van der Waals surface area contributed by atoms with E-state index in [1.54, 1.807) is 6.20 Å². The lowest BCUT2D eigenvalue weighted by atomic mass is 10.2. The fourth-order valence-corrected chi connectivity index (χ4v) is 1.06. The zero-order chi connectivity index (χ0) is 9.97. The molecule has 0 saturated heterocycles. The van der Waals surface area contributed by atoms with E-state index in [2.05, 4.69) is 15.0 Å². The van der Waals surface area contributed by atoms with E-state index in [0.29, 0.717) is 5.82 Å². The average molecular weight is 189 g/mol. The maximum Gasteiger partial charge on any atom is 0.160 e. The molecule has 0 aliphatic heterocycles. The van der Waals surface area contributed by atoms with Crippen LogP contribution < -0.4 is 0 Å². The van der Waals surface area contributed by atoms with Crippen LogP contribution >= 0.6 is 0 Å². The molecule has 0 aliphatic rings. The van der Waals surface area contributed by atoms with E-state index in [1.807, 2.05) is 19.1 Å². The van der Waals surface area contributed by atoms with Crippen molar-refractivity contribution in [1.82, 2.24) is 15.0 Å². The Hall–Kier alpha value is -1.84. The van der Waals surface area contributed by atoms with Crippen LogP contribution in [0.4, 0.5) is 4.39 Å². The number of halogens is 1. The summed E-state index contributed by atoms with van der Waals surface area (Å²) in [7, 11) is 0. The van der Waals surface area contributed by atoms with Gasteiger partial charge in [0, 0.05) is 17.5 Å². The first-order valence-corrected chi connectivity index (χ1v) is 4.16. The van der Waals surface area contributed by atoms with Gasteiger partial charge in [0.15, 0.2) is 11.6 Å². The third kappa shape index (κ3) is 1.74. The molecule has 3 nitrogen and oxygen atoms in total. The van der Waals surface area contributed by atoms with Gasteiger partial charge < -0.3 is 0 Å². The van der Waals surface area contributed by atoms with Gasteiger partial charge in [-0.3, -0.25) is 4.98 Å². The summed E-state index contributed by atoms with van der Waals surface area (Å²) in [6.07, 6.45) is 3.95. The Bertz CT molecular complexity index is 379. The number of rotatable bonds is 1. The fraction of sp³-hybridized carbons (Fsp3) is 0.100. The Morgan fingerprint density at radius 1 is 1.00 bits per heavy atom. The minimum atomic E-state index is -0.436. The van der Waals surface area contributed by atoms with Gasteiger partial charge in [-0.1, -0.05) is 0 Å². The summed E-state index contributed by atoms with van der Waals surface area (Å²) in [5.41, 5.74) is 1.71. The molecule has 0 amide bonds. The fourth-order valence-electron chi connectivity index (χ4n) is 1.06. The van der Waals surface area contributed by atoms with E-state index < -0.39 is 5.82 Å². The van der Waals surface area contributed by atoms with Crippen LogP contribution in [0.25, 0.3) is 11.4 Å². The third-order valence-electron chi connectivity index (χ3n) is 1.79. The van der Waals surface area contributed by atoms with Gasteiger partial charge in [0.2, 0.25) is 0 Å². The van der Waals surface area contributed by atoms with Gasteiger partial charge in [0.25, 0.3) is 0 Å². The van der Waals surface area contributed by atoms with Crippen LogP contribution in [0.5, 0.6) is 0 Å². The van der Waals surface area contributed by atoms with Gasteiger partial charge in [-0.2, -0.15) is 0 Å². The number of hydrogen-bond donors (Lipinski definition) is 0. The van der Waals surface area contributed by atoms with Crippen molar-refractivity contribution in [3.8, 4) is 11.4 Å². The summed E-state index contributed by atoms with van der Waals surface area (Å²) in [6.45, 7) is 1.90. The summed E-state index contributed by atoms with van der Waals surface area (Å²) in [4.78, 5) is 11.8. The van der Waals surface area contributed by atoms with Gasteiger partial charge in [-0.25, -0.2) is 14.4 Å².